The standard InChI is InChI=1S/C15H24N4S/c1-3-19-8-6-12(7-9-19)10-17-15-13(14(16)20)5-4-11(2)18-15/h4-5,12H,3,6-10H2,1-2H3,(H2,16,20)(H,17,18). The molecule has 5 heteroatoms. The number of pyridine rings is 1. The molecule has 2 rings (SSSR count). The largest absolute Gasteiger partial charge is 0.389 e. The number of aryl methyl sites for hydroxylation is 1. The Morgan fingerprint density at radius 1 is 1.45 bits per heavy atom. The molecule has 0 saturated carbocycles. The first-order valence-corrected chi connectivity index (χ1v) is 7.74. The molecule has 1 aromatic heterocycles. The van der Waals surface area contributed by atoms with E-state index in [9.17, 15) is 0 Å². The summed E-state index contributed by atoms with van der Waals surface area (Å²) in [5.41, 5.74) is 7.58. The maximum Gasteiger partial charge on any atom is 0.136 e. The Morgan fingerprint density at radius 3 is 2.75 bits per heavy atom. The van der Waals surface area contributed by atoms with Gasteiger partial charge in [-0.05, 0) is 57.5 Å². The van der Waals surface area contributed by atoms with E-state index in [0.717, 1.165) is 30.2 Å². The van der Waals surface area contributed by atoms with Gasteiger partial charge in [0.2, 0.25) is 0 Å². The van der Waals surface area contributed by atoms with Crippen LogP contribution in [0.3, 0.4) is 0 Å². The van der Waals surface area contributed by atoms with Crippen molar-refractivity contribution in [2.45, 2.75) is 26.7 Å². The minimum absolute atomic E-state index is 0.404. The zero-order chi connectivity index (χ0) is 14.5. The first kappa shape index (κ1) is 15.2. The molecule has 2 heterocycles. The number of aromatic nitrogens is 1. The van der Waals surface area contributed by atoms with Gasteiger partial charge in [0, 0.05) is 12.2 Å². The smallest absolute Gasteiger partial charge is 0.136 e. The van der Waals surface area contributed by atoms with Crippen molar-refractivity contribution in [1.29, 1.82) is 0 Å². The Hall–Kier alpha value is -1.20. The van der Waals surface area contributed by atoms with Crippen LogP contribution in [0.25, 0.3) is 0 Å². The molecule has 1 aliphatic heterocycles. The molecule has 20 heavy (non-hydrogen) atoms. The number of nitrogens with zero attached hydrogens (tertiary/aromatic N) is 2. The van der Waals surface area contributed by atoms with Crippen molar-refractivity contribution in [2.24, 2.45) is 11.7 Å². The van der Waals surface area contributed by atoms with Crippen LogP contribution in [0.15, 0.2) is 12.1 Å². The topological polar surface area (TPSA) is 54.2 Å². The Morgan fingerprint density at radius 2 is 2.15 bits per heavy atom. The highest BCUT2D eigenvalue weighted by atomic mass is 32.1. The highest BCUT2D eigenvalue weighted by molar-refractivity contribution is 7.80. The van der Waals surface area contributed by atoms with Gasteiger partial charge >= 0.3 is 0 Å². The van der Waals surface area contributed by atoms with Crippen molar-refractivity contribution < 1.29 is 0 Å². The number of nitrogens with two attached hydrogens (primary N) is 1. The van der Waals surface area contributed by atoms with Crippen LogP contribution in [0.4, 0.5) is 5.82 Å². The maximum absolute atomic E-state index is 5.75. The van der Waals surface area contributed by atoms with Crippen molar-refractivity contribution in [1.82, 2.24) is 9.88 Å². The average Bonchev–Trinajstić information content (AvgIpc) is 2.45. The highest BCUT2D eigenvalue weighted by Crippen LogP contribution is 2.19. The lowest BCUT2D eigenvalue weighted by atomic mass is 9.97. The molecule has 3 N–H and O–H groups in total. The van der Waals surface area contributed by atoms with Gasteiger partial charge < -0.3 is 16.0 Å². The number of hydrogen-bond donors (Lipinski definition) is 2. The van der Waals surface area contributed by atoms with Crippen LogP contribution in [-0.2, 0) is 0 Å². The van der Waals surface area contributed by atoms with Crippen molar-refractivity contribution in [3.8, 4) is 0 Å². The molecule has 1 aliphatic rings. The van der Waals surface area contributed by atoms with Gasteiger partial charge in [0.05, 0.1) is 5.56 Å². The van der Waals surface area contributed by atoms with Gasteiger partial charge in [0.15, 0.2) is 0 Å². The fourth-order valence-electron chi connectivity index (χ4n) is 2.64. The number of piperidine rings is 1. The zero-order valence-electron chi connectivity index (χ0n) is 12.4. The van der Waals surface area contributed by atoms with Crippen LogP contribution in [0.2, 0.25) is 0 Å². The molecule has 0 atom stereocenters. The van der Waals surface area contributed by atoms with Crippen LogP contribution in [-0.4, -0.2) is 41.1 Å². The molecule has 0 aliphatic carbocycles. The molecule has 0 radical (unpaired) electrons. The molecule has 0 amide bonds. The predicted octanol–water partition coefficient (Wildman–Crippen LogP) is 2.17. The van der Waals surface area contributed by atoms with E-state index in [-0.39, 0.29) is 0 Å². The third kappa shape index (κ3) is 3.90. The summed E-state index contributed by atoms with van der Waals surface area (Å²) in [5.74, 6) is 1.54. The van der Waals surface area contributed by atoms with Crippen molar-refractivity contribution in [3.63, 3.8) is 0 Å². The van der Waals surface area contributed by atoms with Gasteiger partial charge in [-0.1, -0.05) is 19.1 Å². The number of nitrogens with one attached hydrogen (secondary N) is 1. The SMILES string of the molecule is CCN1CCC(CNc2nc(C)ccc2C(N)=S)CC1. The summed E-state index contributed by atoms with van der Waals surface area (Å²) in [7, 11) is 0. The molecular formula is C15H24N4S. The molecule has 4 nitrogen and oxygen atoms in total. The lowest BCUT2D eigenvalue weighted by molar-refractivity contribution is 0.198. The predicted molar refractivity (Wildman–Crippen MR) is 88.2 cm³/mol. The van der Waals surface area contributed by atoms with E-state index in [0.29, 0.717) is 10.9 Å². The van der Waals surface area contributed by atoms with Gasteiger partial charge in [0.1, 0.15) is 10.8 Å². The molecule has 0 spiro atoms. The molecule has 0 aromatic carbocycles. The number of rotatable bonds is 5. The van der Waals surface area contributed by atoms with E-state index in [1.807, 2.05) is 19.1 Å². The van der Waals surface area contributed by atoms with Crippen molar-refractivity contribution >= 4 is 23.0 Å². The summed E-state index contributed by atoms with van der Waals surface area (Å²) in [5, 5.41) is 3.44. The Labute approximate surface area is 126 Å². The highest BCUT2D eigenvalue weighted by Gasteiger charge is 2.18. The summed E-state index contributed by atoms with van der Waals surface area (Å²) in [4.78, 5) is 7.43. The lowest BCUT2D eigenvalue weighted by Gasteiger charge is -2.31. The van der Waals surface area contributed by atoms with E-state index in [1.54, 1.807) is 0 Å². The fraction of sp³-hybridized carbons (Fsp3) is 0.600. The fourth-order valence-corrected chi connectivity index (χ4v) is 2.80. The number of hydrogen-bond acceptors (Lipinski definition) is 4. The van der Waals surface area contributed by atoms with E-state index in [2.05, 4.69) is 22.1 Å². The Bertz CT molecular complexity index is 467. The zero-order valence-corrected chi connectivity index (χ0v) is 13.2. The Balaban J connectivity index is 1.94. The minimum atomic E-state index is 0.404. The van der Waals surface area contributed by atoms with Gasteiger partial charge in [-0.25, -0.2) is 4.98 Å². The van der Waals surface area contributed by atoms with Gasteiger partial charge in [-0.15, -0.1) is 0 Å². The second kappa shape index (κ2) is 6.99. The summed E-state index contributed by atoms with van der Waals surface area (Å²) in [6.07, 6.45) is 2.49. The van der Waals surface area contributed by atoms with Gasteiger partial charge in [-0.2, -0.15) is 0 Å². The van der Waals surface area contributed by atoms with E-state index in [4.69, 9.17) is 18.0 Å². The third-order valence-corrected chi connectivity index (χ3v) is 4.23. The quantitative estimate of drug-likeness (QED) is 0.815. The summed E-state index contributed by atoms with van der Waals surface area (Å²) >= 11 is 5.09. The number of anilines is 1. The molecule has 0 unspecified atom stereocenters. The molecule has 1 fully saturated rings. The third-order valence-electron chi connectivity index (χ3n) is 4.01. The first-order valence-electron chi connectivity index (χ1n) is 7.33. The Kier molecular flexibility index (Phi) is 5.31. The summed E-state index contributed by atoms with van der Waals surface area (Å²) in [6, 6.07) is 3.89. The molecule has 1 saturated heterocycles. The summed E-state index contributed by atoms with van der Waals surface area (Å²) in [6.45, 7) is 8.71. The van der Waals surface area contributed by atoms with Crippen LogP contribution in [0, 0.1) is 12.8 Å². The van der Waals surface area contributed by atoms with Crippen molar-refractivity contribution in [2.75, 3.05) is 31.5 Å². The van der Waals surface area contributed by atoms with Crippen LogP contribution < -0.4 is 11.1 Å². The van der Waals surface area contributed by atoms with E-state index >= 15 is 0 Å². The van der Waals surface area contributed by atoms with E-state index in [1.165, 1.54) is 25.9 Å². The van der Waals surface area contributed by atoms with Crippen LogP contribution in [0.5, 0.6) is 0 Å². The van der Waals surface area contributed by atoms with E-state index < -0.39 is 0 Å². The van der Waals surface area contributed by atoms with Gasteiger partial charge in [-0.3, -0.25) is 0 Å². The molecule has 0 bridgehead atoms. The first-order chi connectivity index (χ1) is 9.60. The normalized spacial score (nSPS) is 17.1. The second-order valence-electron chi connectivity index (χ2n) is 5.47. The number of thiocarbonyl (C=S) groups is 1. The van der Waals surface area contributed by atoms with Crippen molar-refractivity contribution in [3.05, 3.63) is 23.4 Å². The average molecular weight is 292 g/mol. The van der Waals surface area contributed by atoms with Gasteiger partial charge in [0.25, 0.3) is 0 Å². The van der Waals surface area contributed by atoms with Crippen LogP contribution in [0.1, 0.15) is 31.0 Å². The lowest BCUT2D eigenvalue weighted by Crippen LogP contribution is -2.35. The summed E-state index contributed by atoms with van der Waals surface area (Å²) < 4.78 is 0. The molecule has 1 aromatic rings. The maximum atomic E-state index is 5.75. The number of likely N-dealkylation sites (tertiary alicyclic amines) is 1. The minimum Gasteiger partial charge on any atom is -0.389 e. The van der Waals surface area contributed by atoms with Crippen LogP contribution >= 0.6 is 12.2 Å². The monoisotopic (exact) mass is 292 g/mol. The molecular weight excluding hydrogens is 268 g/mol. The molecule has 110 valence electrons. The second-order valence-corrected chi connectivity index (χ2v) is 5.91.